The summed E-state index contributed by atoms with van der Waals surface area (Å²) in [5, 5.41) is 3.35. The number of nitrogens with one attached hydrogen (secondary N) is 1. The summed E-state index contributed by atoms with van der Waals surface area (Å²) in [6.45, 7) is 6.95. The van der Waals surface area contributed by atoms with Gasteiger partial charge in [-0.1, -0.05) is 13.8 Å². The van der Waals surface area contributed by atoms with E-state index < -0.39 is 0 Å². The molecule has 1 heterocycles. The van der Waals surface area contributed by atoms with Crippen LogP contribution in [0.25, 0.3) is 0 Å². The van der Waals surface area contributed by atoms with Crippen molar-refractivity contribution < 1.29 is 0 Å². The summed E-state index contributed by atoms with van der Waals surface area (Å²) in [5.41, 5.74) is 6.88. The highest BCUT2D eigenvalue weighted by atomic mass is 79.9. The monoisotopic (exact) mass is 271 g/mol. The van der Waals surface area contributed by atoms with Crippen LogP contribution in [0.5, 0.6) is 0 Å². The van der Waals surface area contributed by atoms with Gasteiger partial charge in [-0.25, -0.2) is 4.98 Å². The van der Waals surface area contributed by atoms with E-state index in [-0.39, 0.29) is 6.04 Å². The van der Waals surface area contributed by atoms with Gasteiger partial charge in [-0.3, -0.25) is 0 Å². The molecule has 1 atom stereocenters. The van der Waals surface area contributed by atoms with Gasteiger partial charge in [0.2, 0.25) is 0 Å². The van der Waals surface area contributed by atoms with E-state index in [0.717, 1.165) is 10.3 Å². The van der Waals surface area contributed by atoms with Crippen LogP contribution in [0.2, 0.25) is 0 Å². The summed E-state index contributed by atoms with van der Waals surface area (Å²) in [5.74, 6) is 1.36. The van der Waals surface area contributed by atoms with Gasteiger partial charge in [-0.05, 0) is 40.4 Å². The number of rotatable bonds is 4. The molecule has 15 heavy (non-hydrogen) atoms. The van der Waals surface area contributed by atoms with E-state index in [0.29, 0.717) is 12.5 Å². The number of anilines is 1. The van der Waals surface area contributed by atoms with Crippen molar-refractivity contribution in [1.29, 1.82) is 0 Å². The standard InChI is InChI=1S/C11H18BrN3/c1-7(2)9(6-13)15-11-10(12)8(3)4-5-14-11/h4-5,7,9H,6,13H2,1-3H3,(H,14,15). The molecule has 0 aliphatic carbocycles. The lowest BCUT2D eigenvalue weighted by atomic mass is 10.0. The van der Waals surface area contributed by atoms with Crippen molar-refractivity contribution in [2.24, 2.45) is 11.7 Å². The molecule has 0 spiro atoms. The quantitative estimate of drug-likeness (QED) is 0.885. The topological polar surface area (TPSA) is 50.9 Å². The van der Waals surface area contributed by atoms with Crippen LogP contribution in [0.4, 0.5) is 5.82 Å². The largest absolute Gasteiger partial charge is 0.365 e. The van der Waals surface area contributed by atoms with Gasteiger partial charge >= 0.3 is 0 Å². The first-order valence-electron chi connectivity index (χ1n) is 5.14. The van der Waals surface area contributed by atoms with E-state index in [1.54, 1.807) is 6.20 Å². The highest BCUT2D eigenvalue weighted by Gasteiger charge is 2.13. The summed E-state index contributed by atoms with van der Waals surface area (Å²) < 4.78 is 1.02. The molecule has 1 rings (SSSR count). The van der Waals surface area contributed by atoms with Gasteiger partial charge in [0.15, 0.2) is 0 Å². The Kier molecular flexibility index (Phi) is 4.54. The van der Waals surface area contributed by atoms with Crippen LogP contribution in [0.15, 0.2) is 16.7 Å². The second-order valence-electron chi connectivity index (χ2n) is 4.02. The van der Waals surface area contributed by atoms with E-state index >= 15 is 0 Å². The lowest BCUT2D eigenvalue weighted by molar-refractivity contribution is 0.530. The minimum Gasteiger partial charge on any atom is -0.365 e. The number of aromatic nitrogens is 1. The third-order valence-corrected chi connectivity index (χ3v) is 3.46. The average molecular weight is 272 g/mol. The third-order valence-electron chi connectivity index (χ3n) is 2.46. The number of nitrogens with two attached hydrogens (primary N) is 1. The Morgan fingerprint density at radius 1 is 1.53 bits per heavy atom. The van der Waals surface area contributed by atoms with E-state index in [4.69, 9.17) is 5.73 Å². The third kappa shape index (κ3) is 3.18. The van der Waals surface area contributed by atoms with Gasteiger partial charge in [0.05, 0.1) is 4.47 Å². The van der Waals surface area contributed by atoms with Crippen molar-refractivity contribution in [3.05, 3.63) is 22.3 Å². The lowest BCUT2D eigenvalue weighted by Gasteiger charge is -2.22. The predicted molar refractivity (Wildman–Crippen MR) is 68.0 cm³/mol. The molecule has 0 bridgehead atoms. The molecule has 3 nitrogen and oxygen atoms in total. The second kappa shape index (κ2) is 5.47. The number of aryl methyl sites for hydroxylation is 1. The fourth-order valence-electron chi connectivity index (χ4n) is 1.31. The van der Waals surface area contributed by atoms with Crippen LogP contribution in [0, 0.1) is 12.8 Å². The Balaban J connectivity index is 2.84. The maximum atomic E-state index is 5.70. The van der Waals surface area contributed by atoms with Gasteiger partial charge in [-0.2, -0.15) is 0 Å². The zero-order valence-corrected chi connectivity index (χ0v) is 11.0. The lowest BCUT2D eigenvalue weighted by Crippen LogP contribution is -2.34. The minimum atomic E-state index is 0.260. The Morgan fingerprint density at radius 3 is 2.73 bits per heavy atom. The first-order valence-corrected chi connectivity index (χ1v) is 5.93. The molecule has 0 saturated carbocycles. The normalized spacial score (nSPS) is 12.9. The van der Waals surface area contributed by atoms with Crippen molar-refractivity contribution in [3.63, 3.8) is 0 Å². The molecule has 0 radical (unpaired) electrons. The van der Waals surface area contributed by atoms with Gasteiger partial charge < -0.3 is 11.1 Å². The van der Waals surface area contributed by atoms with Crippen molar-refractivity contribution in [2.45, 2.75) is 26.8 Å². The summed E-state index contributed by atoms with van der Waals surface area (Å²) in [6, 6.07) is 2.23. The van der Waals surface area contributed by atoms with Crippen molar-refractivity contribution in [3.8, 4) is 0 Å². The van der Waals surface area contributed by atoms with Crippen LogP contribution < -0.4 is 11.1 Å². The van der Waals surface area contributed by atoms with E-state index in [2.05, 4.69) is 40.1 Å². The van der Waals surface area contributed by atoms with E-state index in [1.807, 2.05) is 13.0 Å². The maximum absolute atomic E-state index is 5.70. The zero-order valence-electron chi connectivity index (χ0n) is 9.42. The molecular formula is C11H18BrN3. The highest BCUT2D eigenvalue weighted by Crippen LogP contribution is 2.24. The fourth-order valence-corrected chi connectivity index (χ4v) is 1.66. The molecule has 84 valence electrons. The zero-order chi connectivity index (χ0) is 11.4. The van der Waals surface area contributed by atoms with E-state index in [1.165, 1.54) is 5.56 Å². The molecule has 0 aromatic carbocycles. The predicted octanol–water partition coefficient (Wildman–Crippen LogP) is 2.55. The van der Waals surface area contributed by atoms with Crippen LogP contribution in [0.1, 0.15) is 19.4 Å². The molecule has 4 heteroatoms. The number of hydrogen-bond donors (Lipinski definition) is 2. The highest BCUT2D eigenvalue weighted by molar-refractivity contribution is 9.10. The van der Waals surface area contributed by atoms with Gasteiger partial charge in [0, 0.05) is 18.8 Å². The molecule has 1 unspecified atom stereocenters. The molecule has 0 saturated heterocycles. The average Bonchev–Trinajstić information content (AvgIpc) is 2.19. The van der Waals surface area contributed by atoms with Gasteiger partial charge in [0.1, 0.15) is 5.82 Å². The van der Waals surface area contributed by atoms with Crippen LogP contribution in [0.3, 0.4) is 0 Å². The minimum absolute atomic E-state index is 0.260. The molecule has 1 aromatic heterocycles. The Bertz CT molecular complexity index is 326. The van der Waals surface area contributed by atoms with Gasteiger partial charge in [-0.15, -0.1) is 0 Å². The first kappa shape index (κ1) is 12.5. The SMILES string of the molecule is Cc1ccnc(NC(CN)C(C)C)c1Br. The van der Waals surface area contributed by atoms with Crippen LogP contribution in [-0.2, 0) is 0 Å². The first-order chi connectivity index (χ1) is 7.06. The Labute approximate surface area is 99.6 Å². The fraction of sp³-hybridized carbons (Fsp3) is 0.545. The number of nitrogens with zero attached hydrogens (tertiary/aromatic N) is 1. The summed E-state index contributed by atoms with van der Waals surface area (Å²) >= 11 is 3.52. The molecule has 1 aromatic rings. The number of hydrogen-bond acceptors (Lipinski definition) is 3. The van der Waals surface area contributed by atoms with E-state index in [9.17, 15) is 0 Å². The molecule has 0 aliphatic heterocycles. The smallest absolute Gasteiger partial charge is 0.140 e. The summed E-state index contributed by atoms with van der Waals surface area (Å²) in [7, 11) is 0. The van der Waals surface area contributed by atoms with Crippen molar-refractivity contribution in [2.75, 3.05) is 11.9 Å². The molecule has 0 amide bonds. The van der Waals surface area contributed by atoms with Crippen molar-refractivity contribution >= 4 is 21.7 Å². The van der Waals surface area contributed by atoms with Crippen molar-refractivity contribution in [1.82, 2.24) is 4.98 Å². The van der Waals surface area contributed by atoms with Crippen LogP contribution in [-0.4, -0.2) is 17.6 Å². The molecule has 0 aliphatic rings. The number of halogens is 1. The Morgan fingerprint density at radius 2 is 2.20 bits per heavy atom. The maximum Gasteiger partial charge on any atom is 0.140 e. The summed E-state index contributed by atoms with van der Waals surface area (Å²) in [6.07, 6.45) is 1.80. The number of pyridine rings is 1. The second-order valence-corrected chi connectivity index (χ2v) is 4.81. The summed E-state index contributed by atoms with van der Waals surface area (Å²) in [4.78, 5) is 4.30. The van der Waals surface area contributed by atoms with Crippen LogP contribution >= 0.6 is 15.9 Å². The molecular weight excluding hydrogens is 254 g/mol. The molecule has 0 fully saturated rings. The molecule has 3 N–H and O–H groups in total. The Hall–Kier alpha value is -0.610. The van der Waals surface area contributed by atoms with Gasteiger partial charge in [0.25, 0.3) is 0 Å².